The summed E-state index contributed by atoms with van der Waals surface area (Å²) in [6.45, 7) is 1.40. The Kier molecular flexibility index (Phi) is 5.97. The van der Waals surface area contributed by atoms with E-state index in [4.69, 9.17) is 16.3 Å². The first-order valence-corrected chi connectivity index (χ1v) is 7.56. The van der Waals surface area contributed by atoms with Crippen molar-refractivity contribution in [1.29, 1.82) is 0 Å². The number of hydrogen-bond acceptors (Lipinski definition) is 5. The molecule has 0 atom stereocenters. The van der Waals surface area contributed by atoms with E-state index >= 15 is 0 Å². The third-order valence-electron chi connectivity index (χ3n) is 3.12. The maximum Gasteiger partial charge on any atom is 0.271 e. The largest absolute Gasteiger partial charge is 0.503 e. The number of nitrogens with zero attached hydrogens (tertiary/aromatic N) is 1. The third kappa shape index (κ3) is 4.95. The molecular weight excluding hydrogens is 346 g/mol. The van der Waals surface area contributed by atoms with Crippen LogP contribution in [0.1, 0.15) is 22.8 Å². The van der Waals surface area contributed by atoms with E-state index in [1.807, 2.05) is 0 Å². The maximum atomic E-state index is 12.0. The number of anilines is 1. The minimum Gasteiger partial charge on any atom is -0.503 e. The number of methoxy groups -OCH3 is 1. The van der Waals surface area contributed by atoms with Gasteiger partial charge in [-0.15, -0.1) is 0 Å². The molecule has 2 aromatic carbocycles. The Hall–Kier alpha value is -3.06. The Morgan fingerprint density at radius 2 is 1.92 bits per heavy atom. The molecule has 130 valence electrons. The van der Waals surface area contributed by atoms with Crippen LogP contribution in [0.25, 0.3) is 0 Å². The highest BCUT2D eigenvalue weighted by atomic mass is 35.5. The molecule has 2 amide bonds. The second-order valence-corrected chi connectivity index (χ2v) is 5.42. The van der Waals surface area contributed by atoms with Crippen molar-refractivity contribution in [2.24, 2.45) is 5.10 Å². The summed E-state index contributed by atoms with van der Waals surface area (Å²) >= 11 is 5.88. The van der Waals surface area contributed by atoms with Crippen LogP contribution >= 0.6 is 11.6 Å². The molecule has 0 radical (unpaired) electrons. The monoisotopic (exact) mass is 361 g/mol. The van der Waals surface area contributed by atoms with E-state index in [2.05, 4.69) is 15.8 Å². The average molecular weight is 362 g/mol. The van der Waals surface area contributed by atoms with Crippen LogP contribution in [0.4, 0.5) is 5.69 Å². The minimum absolute atomic E-state index is 0.112. The van der Waals surface area contributed by atoms with Crippen LogP contribution in [0.5, 0.6) is 11.5 Å². The van der Waals surface area contributed by atoms with Gasteiger partial charge in [-0.25, -0.2) is 5.43 Å². The number of hydrazone groups is 1. The summed E-state index contributed by atoms with van der Waals surface area (Å²) in [4.78, 5) is 23.0. The lowest BCUT2D eigenvalue weighted by Crippen LogP contribution is -2.17. The SMILES string of the molecule is COc1cc(C=NNC(=O)c2ccc(NC(C)=O)cc2)cc(Cl)c1O. The van der Waals surface area contributed by atoms with E-state index in [9.17, 15) is 14.7 Å². The Morgan fingerprint density at radius 1 is 1.24 bits per heavy atom. The van der Waals surface area contributed by atoms with Crippen LogP contribution in [-0.4, -0.2) is 30.2 Å². The molecule has 2 aromatic rings. The molecule has 0 unspecified atom stereocenters. The van der Waals surface area contributed by atoms with Gasteiger partial charge in [-0.3, -0.25) is 9.59 Å². The molecule has 25 heavy (non-hydrogen) atoms. The van der Waals surface area contributed by atoms with E-state index in [1.165, 1.54) is 32.4 Å². The predicted molar refractivity (Wildman–Crippen MR) is 95.5 cm³/mol. The summed E-state index contributed by atoms with van der Waals surface area (Å²) in [5, 5.41) is 16.2. The molecule has 0 aromatic heterocycles. The standard InChI is InChI=1S/C17H16ClN3O4/c1-10(22)20-13-5-3-12(4-6-13)17(24)21-19-9-11-7-14(18)16(23)15(8-11)25-2/h3-9,23H,1-2H3,(H,20,22)(H,21,24). The lowest BCUT2D eigenvalue weighted by Gasteiger charge is -2.06. The maximum absolute atomic E-state index is 12.0. The number of ether oxygens (including phenoxy) is 1. The number of hydrogen-bond donors (Lipinski definition) is 3. The molecule has 0 aliphatic heterocycles. The molecule has 0 aliphatic carbocycles. The van der Waals surface area contributed by atoms with Gasteiger partial charge in [0.05, 0.1) is 18.3 Å². The molecule has 0 heterocycles. The molecule has 0 bridgehead atoms. The van der Waals surface area contributed by atoms with Gasteiger partial charge < -0.3 is 15.2 Å². The number of aromatic hydroxyl groups is 1. The lowest BCUT2D eigenvalue weighted by atomic mass is 10.2. The zero-order chi connectivity index (χ0) is 18.4. The Balaban J connectivity index is 2.03. The Morgan fingerprint density at radius 3 is 2.52 bits per heavy atom. The number of nitrogens with one attached hydrogen (secondary N) is 2. The van der Waals surface area contributed by atoms with Crippen molar-refractivity contribution in [3.8, 4) is 11.5 Å². The number of phenolic OH excluding ortho intramolecular Hbond substituents is 1. The van der Waals surface area contributed by atoms with Crippen molar-refractivity contribution in [3.05, 3.63) is 52.5 Å². The van der Waals surface area contributed by atoms with Gasteiger partial charge in [0, 0.05) is 18.2 Å². The van der Waals surface area contributed by atoms with Crippen molar-refractivity contribution >= 4 is 35.3 Å². The summed E-state index contributed by atoms with van der Waals surface area (Å²) in [6.07, 6.45) is 1.37. The number of rotatable bonds is 5. The van der Waals surface area contributed by atoms with Crippen molar-refractivity contribution in [2.75, 3.05) is 12.4 Å². The Labute approximate surface area is 149 Å². The minimum atomic E-state index is -0.414. The molecule has 8 heteroatoms. The van der Waals surface area contributed by atoms with Gasteiger partial charge in [-0.1, -0.05) is 11.6 Å². The fraction of sp³-hybridized carbons (Fsp3) is 0.118. The van der Waals surface area contributed by atoms with Gasteiger partial charge in [0.15, 0.2) is 11.5 Å². The average Bonchev–Trinajstić information content (AvgIpc) is 2.57. The molecule has 0 aliphatic rings. The second kappa shape index (κ2) is 8.16. The molecule has 0 spiro atoms. The third-order valence-corrected chi connectivity index (χ3v) is 3.41. The molecule has 7 nitrogen and oxygen atoms in total. The molecular formula is C17H16ClN3O4. The van der Waals surface area contributed by atoms with Crippen molar-refractivity contribution in [1.82, 2.24) is 5.43 Å². The van der Waals surface area contributed by atoms with E-state index in [1.54, 1.807) is 24.3 Å². The summed E-state index contributed by atoms with van der Waals surface area (Å²) in [5.41, 5.74) is 3.90. The van der Waals surface area contributed by atoms with Gasteiger partial charge in [0.25, 0.3) is 5.91 Å². The van der Waals surface area contributed by atoms with Crippen LogP contribution in [0.3, 0.4) is 0 Å². The number of halogens is 1. The van der Waals surface area contributed by atoms with Crippen molar-refractivity contribution in [2.45, 2.75) is 6.92 Å². The summed E-state index contributed by atoms with van der Waals surface area (Å²) < 4.78 is 4.99. The highest BCUT2D eigenvalue weighted by Crippen LogP contribution is 2.34. The first kappa shape index (κ1) is 18.3. The highest BCUT2D eigenvalue weighted by molar-refractivity contribution is 6.32. The first-order valence-electron chi connectivity index (χ1n) is 7.18. The fourth-order valence-corrected chi connectivity index (χ4v) is 2.18. The number of amides is 2. The van der Waals surface area contributed by atoms with Gasteiger partial charge in [0.1, 0.15) is 0 Å². The molecule has 0 fully saturated rings. The van der Waals surface area contributed by atoms with Crippen molar-refractivity contribution in [3.63, 3.8) is 0 Å². The fourth-order valence-electron chi connectivity index (χ4n) is 1.96. The number of benzene rings is 2. The summed E-state index contributed by atoms with van der Waals surface area (Å²) in [7, 11) is 1.40. The number of carbonyl (C=O) groups excluding carboxylic acids is 2. The number of carbonyl (C=O) groups is 2. The van der Waals surface area contributed by atoms with Crippen molar-refractivity contribution < 1.29 is 19.4 Å². The van der Waals surface area contributed by atoms with E-state index in [0.717, 1.165) is 0 Å². The van der Waals surface area contributed by atoms with E-state index < -0.39 is 5.91 Å². The van der Waals surface area contributed by atoms with Gasteiger partial charge in [-0.05, 0) is 42.0 Å². The molecule has 0 saturated carbocycles. The van der Waals surface area contributed by atoms with Crippen LogP contribution in [0, 0.1) is 0 Å². The zero-order valence-electron chi connectivity index (χ0n) is 13.5. The predicted octanol–water partition coefficient (Wildman–Crippen LogP) is 2.78. The van der Waals surface area contributed by atoms with Crippen LogP contribution in [-0.2, 0) is 4.79 Å². The smallest absolute Gasteiger partial charge is 0.271 e. The first-order chi connectivity index (χ1) is 11.9. The second-order valence-electron chi connectivity index (χ2n) is 5.01. The zero-order valence-corrected chi connectivity index (χ0v) is 14.3. The van der Waals surface area contributed by atoms with Gasteiger partial charge in [0.2, 0.25) is 5.91 Å². The van der Waals surface area contributed by atoms with E-state index in [-0.39, 0.29) is 22.4 Å². The molecule has 2 rings (SSSR count). The summed E-state index contributed by atoms with van der Waals surface area (Å²) in [5.74, 6) is -0.564. The number of phenols is 1. The quantitative estimate of drug-likeness (QED) is 0.563. The van der Waals surface area contributed by atoms with Gasteiger partial charge >= 0.3 is 0 Å². The van der Waals surface area contributed by atoms with Gasteiger partial charge in [-0.2, -0.15) is 5.10 Å². The van der Waals surface area contributed by atoms with Crippen LogP contribution < -0.4 is 15.5 Å². The van der Waals surface area contributed by atoms with Crippen LogP contribution in [0.2, 0.25) is 5.02 Å². The summed E-state index contributed by atoms with van der Waals surface area (Å²) in [6, 6.07) is 9.37. The highest BCUT2D eigenvalue weighted by Gasteiger charge is 2.08. The van der Waals surface area contributed by atoms with Crippen LogP contribution in [0.15, 0.2) is 41.5 Å². The molecule has 0 saturated heterocycles. The van der Waals surface area contributed by atoms with E-state index in [0.29, 0.717) is 16.8 Å². The normalized spacial score (nSPS) is 10.5. The molecule has 3 N–H and O–H groups in total. The topological polar surface area (TPSA) is 100 Å². The lowest BCUT2D eigenvalue weighted by molar-refractivity contribution is -0.114. The Bertz CT molecular complexity index is 819.